The van der Waals surface area contributed by atoms with E-state index in [1.54, 1.807) is 4.72 Å². The summed E-state index contributed by atoms with van der Waals surface area (Å²) in [5.74, 6) is -0.791. The van der Waals surface area contributed by atoms with Crippen LogP contribution in [0.15, 0.2) is 12.2 Å². The topological polar surface area (TPSA) is 72.5 Å². The van der Waals surface area contributed by atoms with Gasteiger partial charge in [-0.25, -0.2) is 17.9 Å². The summed E-state index contributed by atoms with van der Waals surface area (Å²) in [6.45, 7) is 4.72. The van der Waals surface area contributed by atoms with E-state index >= 15 is 0 Å². The number of ether oxygens (including phenoxy) is 1. The number of sulfonamides is 1. The molecule has 0 aromatic rings. The van der Waals surface area contributed by atoms with Gasteiger partial charge in [-0.1, -0.05) is 6.58 Å². The van der Waals surface area contributed by atoms with Crippen LogP contribution in [0.3, 0.4) is 0 Å². The summed E-state index contributed by atoms with van der Waals surface area (Å²) in [6, 6.07) is 0. The highest BCUT2D eigenvalue weighted by Crippen LogP contribution is 2.50. The third-order valence-corrected chi connectivity index (χ3v) is 5.62. The molecular formula is C13H18F3NO4S. The minimum atomic E-state index is -5.33. The molecule has 2 bridgehead atoms. The van der Waals surface area contributed by atoms with Crippen LogP contribution in [0.4, 0.5) is 13.2 Å². The molecule has 0 heterocycles. The zero-order chi connectivity index (χ0) is 16.7. The highest BCUT2D eigenvalue weighted by Gasteiger charge is 2.51. The van der Waals surface area contributed by atoms with Crippen LogP contribution in [-0.2, 0) is 19.6 Å². The lowest BCUT2D eigenvalue weighted by Crippen LogP contribution is -2.40. The van der Waals surface area contributed by atoms with E-state index in [1.807, 2.05) is 0 Å². The molecule has 2 saturated carbocycles. The molecular weight excluding hydrogens is 323 g/mol. The smallest absolute Gasteiger partial charge is 0.459 e. The molecule has 0 spiro atoms. The minimum Gasteiger partial charge on any atom is -0.459 e. The van der Waals surface area contributed by atoms with Crippen molar-refractivity contribution >= 4 is 16.0 Å². The summed E-state index contributed by atoms with van der Waals surface area (Å²) >= 11 is 0. The van der Waals surface area contributed by atoms with Gasteiger partial charge in [0.25, 0.3) is 0 Å². The Balaban J connectivity index is 1.97. The monoisotopic (exact) mass is 341 g/mol. The standard InChI is InChI=1S/C13H18F3NO4S/c1-7(2)12(18)21-11-5-8-3-4-9(11)10(8)6-17-22(19,20)13(14,15)16/h8-11,17H,1,3-6H2,2H3. The molecule has 4 atom stereocenters. The fraction of sp³-hybridized carbons (Fsp3) is 0.769. The van der Waals surface area contributed by atoms with Crippen LogP contribution in [-0.4, -0.2) is 32.5 Å². The molecule has 2 aliphatic rings. The van der Waals surface area contributed by atoms with E-state index in [9.17, 15) is 26.4 Å². The normalized spacial score (nSPS) is 31.3. The molecule has 2 fully saturated rings. The molecule has 0 amide bonds. The number of alkyl halides is 3. The Morgan fingerprint density at radius 1 is 1.36 bits per heavy atom. The van der Waals surface area contributed by atoms with Gasteiger partial charge in [0, 0.05) is 18.0 Å². The SMILES string of the molecule is C=C(C)C(=O)OC1CC2CCC1C2CNS(=O)(=O)C(F)(F)F. The average molecular weight is 341 g/mol. The zero-order valence-corrected chi connectivity index (χ0v) is 12.8. The van der Waals surface area contributed by atoms with Gasteiger partial charge in [0.1, 0.15) is 6.10 Å². The van der Waals surface area contributed by atoms with Gasteiger partial charge >= 0.3 is 21.5 Å². The average Bonchev–Trinajstić information content (AvgIpc) is 2.91. The fourth-order valence-electron chi connectivity index (χ4n) is 3.39. The van der Waals surface area contributed by atoms with E-state index in [1.165, 1.54) is 6.92 Å². The van der Waals surface area contributed by atoms with Crippen molar-refractivity contribution in [2.45, 2.75) is 37.8 Å². The Kier molecular flexibility index (Phi) is 4.59. The van der Waals surface area contributed by atoms with Crippen molar-refractivity contribution < 1.29 is 31.1 Å². The summed E-state index contributed by atoms with van der Waals surface area (Å²) in [7, 11) is -5.33. The van der Waals surface area contributed by atoms with Crippen molar-refractivity contribution in [2.75, 3.05) is 6.54 Å². The van der Waals surface area contributed by atoms with Crippen molar-refractivity contribution in [3.63, 3.8) is 0 Å². The van der Waals surface area contributed by atoms with Gasteiger partial charge in [0.15, 0.2) is 0 Å². The lowest BCUT2D eigenvalue weighted by molar-refractivity contribution is -0.146. The van der Waals surface area contributed by atoms with Crippen LogP contribution in [0.1, 0.15) is 26.2 Å². The second-order valence-corrected chi connectivity index (χ2v) is 7.68. The van der Waals surface area contributed by atoms with Crippen molar-refractivity contribution in [3.05, 3.63) is 12.2 Å². The number of hydrogen-bond acceptors (Lipinski definition) is 4. The summed E-state index contributed by atoms with van der Waals surface area (Å²) in [5, 5.41) is 0. The predicted octanol–water partition coefficient (Wildman–Crippen LogP) is 1.96. The first-order valence-corrected chi connectivity index (χ1v) is 8.43. The maximum Gasteiger partial charge on any atom is 0.511 e. The minimum absolute atomic E-state index is 0.0730. The van der Waals surface area contributed by atoms with E-state index in [4.69, 9.17) is 4.74 Å². The second-order valence-electron chi connectivity index (χ2n) is 5.92. The molecule has 4 unspecified atom stereocenters. The fourth-order valence-corrected chi connectivity index (χ4v) is 3.97. The quantitative estimate of drug-likeness (QED) is 0.613. The van der Waals surface area contributed by atoms with E-state index in [0.717, 1.165) is 12.8 Å². The number of fused-ring (bicyclic) bond motifs is 2. The van der Waals surface area contributed by atoms with Gasteiger partial charge in [0.05, 0.1) is 0 Å². The van der Waals surface area contributed by atoms with Gasteiger partial charge in [0.2, 0.25) is 0 Å². The maximum atomic E-state index is 12.3. The first-order chi connectivity index (χ1) is 10.0. The highest BCUT2D eigenvalue weighted by molar-refractivity contribution is 7.90. The summed E-state index contributed by atoms with van der Waals surface area (Å²) < 4.78 is 66.0. The molecule has 2 rings (SSSR count). The van der Waals surface area contributed by atoms with Crippen molar-refractivity contribution in [3.8, 4) is 0 Å². The van der Waals surface area contributed by atoms with Crippen molar-refractivity contribution in [1.29, 1.82) is 0 Å². The van der Waals surface area contributed by atoms with Crippen LogP contribution in [0.25, 0.3) is 0 Å². The molecule has 2 aliphatic carbocycles. The van der Waals surface area contributed by atoms with Gasteiger partial charge in [-0.15, -0.1) is 0 Å². The third kappa shape index (κ3) is 3.29. The van der Waals surface area contributed by atoms with Gasteiger partial charge in [-0.2, -0.15) is 13.2 Å². The zero-order valence-electron chi connectivity index (χ0n) is 12.0. The second kappa shape index (κ2) is 5.84. The number of rotatable bonds is 5. The van der Waals surface area contributed by atoms with Crippen molar-refractivity contribution in [2.24, 2.45) is 17.8 Å². The molecule has 0 aliphatic heterocycles. The number of carbonyl (C=O) groups is 1. The third-order valence-electron chi connectivity index (χ3n) is 4.46. The lowest BCUT2D eigenvalue weighted by Gasteiger charge is -2.23. The molecule has 0 radical (unpaired) electrons. The van der Waals surface area contributed by atoms with E-state index in [-0.39, 0.29) is 36.0 Å². The molecule has 126 valence electrons. The Bertz CT molecular complexity index is 572. The Hall–Kier alpha value is -1.09. The molecule has 22 heavy (non-hydrogen) atoms. The molecule has 5 nitrogen and oxygen atoms in total. The largest absolute Gasteiger partial charge is 0.511 e. The Labute approximate surface area is 126 Å². The van der Waals surface area contributed by atoms with Gasteiger partial charge in [-0.05, 0) is 38.0 Å². The maximum absolute atomic E-state index is 12.3. The first-order valence-electron chi connectivity index (χ1n) is 6.95. The van der Waals surface area contributed by atoms with Crippen LogP contribution < -0.4 is 4.72 Å². The van der Waals surface area contributed by atoms with E-state index < -0.39 is 21.5 Å². The number of hydrogen-bond donors (Lipinski definition) is 1. The van der Waals surface area contributed by atoms with Crippen LogP contribution in [0.2, 0.25) is 0 Å². The predicted molar refractivity (Wildman–Crippen MR) is 72.0 cm³/mol. The van der Waals surface area contributed by atoms with E-state index in [0.29, 0.717) is 6.42 Å². The Morgan fingerprint density at radius 2 is 2.00 bits per heavy atom. The summed E-state index contributed by atoms with van der Waals surface area (Å²) in [6.07, 6.45) is 1.71. The molecule has 0 aromatic carbocycles. The van der Waals surface area contributed by atoms with Gasteiger partial charge in [-0.3, -0.25) is 0 Å². The molecule has 1 N–H and O–H groups in total. The first kappa shape index (κ1) is 17.3. The summed E-state index contributed by atoms with van der Waals surface area (Å²) in [4.78, 5) is 11.5. The molecule has 9 heteroatoms. The highest BCUT2D eigenvalue weighted by atomic mass is 32.2. The molecule has 0 saturated heterocycles. The Morgan fingerprint density at radius 3 is 2.55 bits per heavy atom. The van der Waals surface area contributed by atoms with Crippen LogP contribution >= 0.6 is 0 Å². The lowest BCUT2D eigenvalue weighted by atomic mass is 9.97. The number of halogens is 3. The number of nitrogens with one attached hydrogen (secondary N) is 1. The van der Waals surface area contributed by atoms with Crippen LogP contribution in [0.5, 0.6) is 0 Å². The van der Waals surface area contributed by atoms with Gasteiger partial charge < -0.3 is 4.74 Å². The van der Waals surface area contributed by atoms with E-state index in [2.05, 4.69) is 6.58 Å². The number of carbonyl (C=O) groups excluding carboxylic acids is 1. The number of esters is 1. The van der Waals surface area contributed by atoms with Crippen molar-refractivity contribution in [1.82, 2.24) is 4.72 Å². The molecule has 0 aromatic heterocycles. The van der Waals surface area contributed by atoms with Crippen LogP contribution in [0, 0.1) is 17.8 Å². The summed E-state index contributed by atoms with van der Waals surface area (Å²) in [5.41, 5.74) is -5.05.